The Morgan fingerprint density at radius 2 is 1.10 bits per heavy atom. The van der Waals surface area contributed by atoms with E-state index < -0.39 is 0 Å². The van der Waals surface area contributed by atoms with Gasteiger partial charge >= 0.3 is 0 Å². The van der Waals surface area contributed by atoms with Gasteiger partial charge in [-0.2, -0.15) is 0 Å². The molecule has 0 aromatic heterocycles. The van der Waals surface area contributed by atoms with E-state index in [-0.39, 0.29) is 0 Å². The summed E-state index contributed by atoms with van der Waals surface area (Å²) in [6.07, 6.45) is 28.3. The second kappa shape index (κ2) is 18.5. The SMILES string of the molecule is CCCCCCCC[C@H](N)CCCCCC(C(C)C)C1C[C@H]1CCCCCCCC. The summed E-state index contributed by atoms with van der Waals surface area (Å²) in [5.41, 5.74) is 6.37. The van der Waals surface area contributed by atoms with Crippen LogP contribution >= 0.6 is 0 Å². The van der Waals surface area contributed by atoms with Gasteiger partial charge in [0.2, 0.25) is 0 Å². The van der Waals surface area contributed by atoms with Gasteiger partial charge in [-0.15, -0.1) is 0 Å². The maximum atomic E-state index is 6.37. The number of hydrogen-bond acceptors (Lipinski definition) is 1. The van der Waals surface area contributed by atoms with Crippen molar-refractivity contribution in [1.29, 1.82) is 0 Å². The van der Waals surface area contributed by atoms with Gasteiger partial charge in [0.15, 0.2) is 0 Å². The van der Waals surface area contributed by atoms with E-state index in [9.17, 15) is 0 Å². The zero-order valence-corrected chi connectivity index (χ0v) is 21.6. The highest BCUT2D eigenvalue weighted by molar-refractivity contribution is 4.92. The highest BCUT2D eigenvalue weighted by Gasteiger charge is 2.42. The van der Waals surface area contributed by atoms with Crippen molar-refractivity contribution in [3.8, 4) is 0 Å². The number of rotatable bonds is 22. The van der Waals surface area contributed by atoms with Gasteiger partial charge in [-0.1, -0.05) is 130 Å². The van der Waals surface area contributed by atoms with Crippen LogP contribution in [0.25, 0.3) is 0 Å². The molecule has 2 N–H and O–H groups in total. The van der Waals surface area contributed by atoms with Gasteiger partial charge in [0.25, 0.3) is 0 Å². The summed E-state index contributed by atoms with van der Waals surface area (Å²) < 4.78 is 0. The van der Waals surface area contributed by atoms with E-state index in [0.29, 0.717) is 6.04 Å². The average molecular weight is 422 g/mol. The Morgan fingerprint density at radius 1 is 0.633 bits per heavy atom. The van der Waals surface area contributed by atoms with E-state index in [1.54, 1.807) is 6.42 Å². The van der Waals surface area contributed by atoms with Crippen LogP contribution in [0, 0.1) is 23.7 Å². The zero-order valence-electron chi connectivity index (χ0n) is 21.6. The maximum absolute atomic E-state index is 6.37. The average Bonchev–Trinajstić information content (AvgIpc) is 3.48. The number of unbranched alkanes of at least 4 members (excludes halogenated alkanes) is 12. The molecule has 0 radical (unpaired) electrons. The van der Waals surface area contributed by atoms with Gasteiger partial charge in [-0.05, 0) is 49.4 Å². The Labute approximate surface area is 191 Å². The van der Waals surface area contributed by atoms with E-state index in [1.165, 1.54) is 122 Å². The van der Waals surface area contributed by atoms with Gasteiger partial charge < -0.3 is 5.73 Å². The Balaban J connectivity index is 2.01. The van der Waals surface area contributed by atoms with Gasteiger partial charge in [0.05, 0.1) is 0 Å². The Hall–Kier alpha value is -0.0400. The fraction of sp³-hybridized carbons (Fsp3) is 1.00. The van der Waals surface area contributed by atoms with E-state index in [2.05, 4.69) is 27.7 Å². The molecule has 180 valence electrons. The molecule has 1 aliphatic carbocycles. The van der Waals surface area contributed by atoms with Crippen LogP contribution in [0.1, 0.15) is 156 Å². The quantitative estimate of drug-likeness (QED) is 0.173. The van der Waals surface area contributed by atoms with Crippen LogP contribution in [0.3, 0.4) is 0 Å². The van der Waals surface area contributed by atoms with Crippen LogP contribution in [-0.4, -0.2) is 6.04 Å². The Morgan fingerprint density at radius 3 is 1.67 bits per heavy atom. The van der Waals surface area contributed by atoms with Gasteiger partial charge in [-0.3, -0.25) is 0 Å². The molecule has 1 nitrogen and oxygen atoms in total. The summed E-state index contributed by atoms with van der Waals surface area (Å²) in [7, 11) is 0. The molecule has 0 amide bonds. The molecule has 1 fully saturated rings. The first-order valence-electron chi connectivity index (χ1n) is 14.4. The summed E-state index contributed by atoms with van der Waals surface area (Å²) in [4.78, 5) is 0. The lowest BCUT2D eigenvalue weighted by atomic mass is 9.84. The fourth-order valence-corrected chi connectivity index (χ4v) is 5.65. The summed E-state index contributed by atoms with van der Waals surface area (Å²) >= 11 is 0. The van der Waals surface area contributed by atoms with Crippen molar-refractivity contribution >= 4 is 0 Å². The lowest BCUT2D eigenvalue weighted by molar-refractivity contribution is 0.288. The predicted molar refractivity (Wildman–Crippen MR) is 137 cm³/mol. The third kappa shape index (κ3) is 14.1. The van der Waals surface area contributed by atoms with E-state index >= 15 is 0 Å². The molecule has 1 rings (SSSR count). The first-order valence-corrected chi connectivity index (χ1v) is 14.4. The van der Waals surface area contributed by atoms with Crippen molar-refractivity contribution < 1.29 is 0 Å². The third-order valence-electron chi connectivity index (χ3n) is 7.85. The molecule has 0 aliphatic heterocycles. The highest BCUT2D eigenvalue weighted by atomic mass is 14.6. The first-order chi connectivity index (χ1) is 14.6. The van der Waals surface area contributed by atoms with Gasteiger partial charge in [0.1, 0.15) is 0 Å². The van der Waals surface area contributed by atoms with Crippen LogP contribution in [0.15, 0.2) is 0 Å². The van der Waals surface area contributed by atoms with Crippen molar-refractivity contribution in [3.05, 3.63) is 0 Å². The highest BCUT2D eigenvalue weighted by Crippen LogP contribution is 2.51. The minimum absolute atomic E-state index is 0.460. The summed E-state index contributed by atoms with van der Waals surface area (Å²) in [6, 6.07) is 0.460. The van der Waals surface area contributed by atoms with Crippen molar-refractivity contribution in [2.75, 3.05) is 0 Å². The molecule has 0 aromatic rings. The van der Waals surface area contributed by atoms with Crippen LogP contribution in [0.5, 0.6) is 0 Å². The third-order valence-corrected chi connectivity index (χ3v) is 7.85. The fourth-order valence-electron chi connectivity index (χ4n) is 5.65. The van der Waals surface area contributed by atoms with Gasteiger partial charge in [-0.25, -0.2) is 0 Å². The number of hydrogen-bond donors (Lipinski definition) is 1. The van der Waals surface area contributed by atoms with Gasteiger partial charge in [0, 0.05) is 6.04 Å². The zero-order chi connectivity index (χ0) is 22.0. The smallest absolute Gasteiger partial charge is 0.00388 e. The topological polar surface area (TPSA) is 26.0 Å². The van der Waals surface area contributed by atoms with Crippen LogP contribution in [0.2, 0.25) is 0 Å². The predicted octanol–water partition coefficient (Wildman–Crippen LogP) is 9.67. The maximum Gasteiger partial charge on any atom is 0.00388 e. The van der Waals surface area contributed by atoms with Crippen molar-refractivity contribution in [1.82, 2.24) is 0 Å². The molecule has 1 aliphatic rings. The summed E-state index contributed by atoms with van der Waals surface area (Å²) in [5, 5.41) is 0. The van der Waals surface area contributed by atoms with Crippen LogP contribution in [0.4, 0.5) is 0 Å². The molecular weight excluding hydrogens is 362 g/mol. The minimum atomic E-state index is 0.460. The molecule has 0 aromatic carbocycles. The van der Waals surface area contributed by atoms with E-state index in [4.69, 9.17) is 5.73 Å². The molecule has 30 heavy (non-hydrogen) atoms. The molecule has 0 spiro atoms. The monoisotopic (exact) mass is 421 g/mol. The molecule has 0 saturated heterocycles. The summed E-state index contributed by atoms with van der Waals surface area (Å²) in [6.45, 7) is 9.55. The van der Waals surface area contributed by atoms with Crippen molar-refractivity contribution in [2.45, 2.75) is 162 Å². The molecule has 2 unspecified atom stereocenters. The second-order valence-electron chi connectivity index (χ2n) is 11.1. The second-order valence-corrected chi connectivity index (χ2v) is 11.1. The largest absolute Gasteiger partial charge is 0.328 e. The van der Waals surface area contributed by atoms with Crippen LogP contribution < -0.4 is 5.73 Å². The van der Waals surface area contributed by atoms with E-state index in [1.807, 2.05) is 0 Å². The normalized spacial score (nSPS) is 20.6. The molecule has 4 atom stereocenters. The lowest BCUT2D eigenvalue weighted by Crippen LogP contribution is -2.19. The molecule has 0 heterocycles. The minimum Gasteiger partial charge on any atom is -0.328 e. The van der Waals surface area contributed by atoms with Crippen molar-refractivity contribution in [2.24, 2.45) is 29.4 Å². The number of nitrogens with two attached hydrogens (primary N) is 1. The summed E-state index contributed by atoms with van der Waals surface area (Å²) in [5.74, 6) is 4.01. The standard InChI is InChI=1S/C29H59N/c1-5-7-9-11-13-16-20-26-24-29(26)28(25(3)4)23-19-15-18-22-27(30)21-17-14-12-10-8-6-2/h25-29H,5-24,30H2,1-4H3/t26-,27+,28?,29?/m1/s1. The van der Waals surface area contributed by atoms with Crippen LogP contribution in [-0.2, 0) is 0 Å². The molecular formula is C29H59N. The molecule has 1 saturated carbocycles. The lowest BCUT2D eigenvalue weighted by Gasteiger charge is -2.21. The Kier molecular flexibility index (Phi) is 17.3. The molecule has 0 bridgehead atoms. The molecule has 1 heteroatoms. The first kappa shape index (κ1) is 28.0. The van der Waals surface area contributed by atoms with E-state index in [0.717, 1.165) is 23.7 Å². The Bertz CT molecular complexity index is 363. The van der Waals surface area contributed by atoms with Crippen molar-refractivity contribution in [3.63, 3.8) is 0 Å².